The number of carbonyl (C=O) groups excluding carboxylic acids is 1. The number of carbonyl (C=O) groups is 1. The van der Waals surface area contributed by atoms with Gasteiger partial charge in [0, 0.05) is 5.56 Å². The van der Waals surface area contributed by atoms with Crippen molar-refractivity contribution in [2.24, 2.45) is 0 Å². The Morgan fingerprint density at radius 2 is 1.95 bits per heavy atom. The van der Waals surface area contributed by atoms with Crippen LogP contribution in [0, 0.1) is 11.8 Å². The quantitative estimate of drug-likeness (QED) is 0.668. The number of benzene rings is 1. The average molecular weight is 290 g/mol. The molecule has 0 saturated carbocycles. The highest BCUT2D eigenvalue weighted by Crippen LogP contribution is 2.11. The molecule has 1 aromatic carbocycles. The van der Waals surface area contributed by atoms with Crippen LogP contribution in [0.25, 0.3) is 0 Å². The number of esters is 1. The highest BCUT2D eigenvalue weighted by Gasteiger charge is 2.22. The first kappa shape index (κ1) is 17.2. The molecule has 1 aromatic rings. The zero-order chi connectivity index (χ0) is 15.9. The van der Waals surface area contributed by atoms with Crippen LogP contribution in [0.15, 0.2) is 24.3 Å². The van der Waals surface area contributed by atoms with Crippen molar-refractivity contribution < 1.29 is 19.4 Å². The van der Waals surface area contributed by atoms with Gasteiger partial charge in [-0.1, -0.05) is 18.8 Å². The Morgan fingerprint density at radius 1 is 1.33 bits per heavy atom. The average Bonchev–Trinajstić information content (AvgIpc) is 2.50. The van der Waals surface area contributed by atoms with Gasteiger partial charge in [0.25, 0.3) is 0 Å². The van der Waals surface area contributed by atoms with Gasteiger partial charge in [-0.3, -0.25) is 0 Å². The first-order chi connectivity index (χ1) is 9.90. The van der Waals surface area contributed by atoms with Crippen molar-refractivity contribution >= 4 is 5.97 Å². The lowest BCUT2D eigenvalue weighted by atomic mass is 10.0. The molecule has 4 nitrogen and oxygen atoms in total. The molecule has 0 bridgehead atoms. The summed E-state index contributed by atoms with van der Waals surface area (Å²) in [5.41, 5.74) is 0.0293. The van der Waals surface area contributed by atoms with Gasteiger partial charge in [0.1, 0.15) is 5.60 Å². The van der Waals surface area contributed by atoms with E-state index >= 15 is 0 Å². The highest BCUT2D eigenvalue weighted by molar-refractivity contribution is 5.89. The van der Waals surface area contributed by atoms with Crippen molar-refractivity contribution in [1.82, 2.24) is 0 Å². The van der Waals surface area contributed by atoms with Crippen LogP contribution in [0.5, 0.6) is 0 Å². The standard InChI is InChI=1S/C17H22O4/c1-5-17(19,12-21-13(2)3)11-10-14-6-8-15(9-7-14)16(18)20-4/h6-9,13,19H,5,12H2,1-4H3/t17-/m1/s1. The monoisotopic (exact) mass is 290 g/mol. The summed E-state index contributed by atoms with van der Waals surface area (Å²) in [6, 6.07) is 6.73. The molecule has 0 aromatic heterocycles. The Kier molecular flexibility index (Phi) is 6.41. The van der Waals surface area contributed by atoms with E-state index in [1.165, 1.54) is 7.11 Å². The van der Waals surface area contributed by atoms with Gasteiger partial charge >= 0.3 is 5.97 Å². The van der Waals surface area contributed by atoms with Crippen molar-refractivity contribution in [3.8, 4) is 11.8 Å². The van der Waals surface area contributed by atoms with Crippen molar-refractivity contribution in [3.05, 3.63) is 35.4 Å². The summed E-state index contributed by atoms with van der Waals surface area (Å²) in [7, 11) is 1.34. The Bertz CT molecular complexity index is 522. The molecule has 0 saturated heterocycles. The van der Waals surface area contributed by atoms with Gasteiger partial charge in [0.2, 0.25) is 0 Å². The van der Waals surface area contributed by atoms with Crippen molar-refractivity contribution in [1.29, 1.82) is 0 Å². The van der Waals surface area contributed by atoms with Crippen LogP contribution in [0.4, 0.5) is 0 Å². The van der Waals surface area contributed by atoms with Crippen LogP contribution in [0.2, 0.25) is 0 Å². The van der Waals surface area contributed by atoms with Gasteiger partial charge in [-0.05, 0) is 44.5 Å². The maximum absolute atomic E-state index is 11.3. The van der Waals surface area contributed by atoms with Gasteiger partial charge < -0.3 is 14.6 Å². The molecule has 1 atom stereocenters. The molecular weight excluding hydrogens is 268 g/mol. The molecule has 0 fully saturated rings. The van der Waals surface area contributed by atoms with E-state index in [-0.39, 0.29) is 18.7 Å². The number of hydrogen-bond acceptors (Lipinski definition) is 4. The predicted molar refractivity (Wildman–Crippen MR) is 81.0 cm³/mol. The molecule has 114 valence electrons. The van der Waals surface area contributed by atoms with E-state index in [2.05, 4.69) is 16.6 Å². The topological polar surface area (TPSA) is 55.8 Å². The molecule has 0 aliphatic heterocycles. The number of aliphatic hydroxyl groups is 1. The lowest BCUT2D eigenvalue weighted by Gasteiger charge is -2.21. The fraction of sp³-hybridized carbons (Fsp3) is 0.471. The van der Waals surface area contributed by atoms with E-state index in [4.69, 9.17) is 4.74 Å². The predicted octanol–water partition coefficient (Wildman–Crippen LogP) is 2.39. The summed E-state index contributed by atoms with van der Waals surface area (Å²) in [6.45, 7) is 5.86. The second-order valence-electron chi connectivity index (χ2n) is 5.06. The maximum Gasteiger partial charge on any atom is 0.337 e. The van der Waals surface area contributed by atoms with Gasteiger partial charge in [-0.25, -0.2) is 4.79 Å². The second kappa shape index (κ2) is 7.82. The molecule has 1 rings (SSSR count). The summed E-state index contributed by atoms with van der Waals surface area (Å²) < 4.78 is 10.1. The molecular formula is C17H22O4. The van der Waals surface area contributed by atoms with Crippen molar-refractivity contribution in [2.45, 2.75) is 38.9 Å². The number of ether oxygens (including phenoxy) is 2. The minimum Gasteiger partial charge on any atom is -0.465 e. The molecule has 0 spiro atoms. The van der Waals surface area contributed by atoms with Crippen molar-refractivity contribution in [3.63, 3.8) is 0 Å². The second-order valence-corrected chi connectivity index (χ2v) is 5.06. The molecule has 0 aliphatic carbocycles. The fourth-order valence-electron chi connectivity index (χ4n) is 1.53. The molecule has 0 aliphatic rings. The van der Waals surface area contributed by atoms with E-state index in [1.807, 2.05) is 20.8 Å². The summed E-state index contributed by atoms with van der Waals surface area (Å²) in [6.07, 6.45) is 0.525. The summed E-state index contributed by atoms with van der Waals surface area (Å²) >= 11 is 0. The number of rotatable bonds is 5. The van der Waals surface area contributed by atoms with E-state index < -0.39 is 5.60 Å². The minimum absolute atomic E-state index is 0.0456. The highest BCUT2D eigenvalue weighted by atomic mass is 16.5. The zero-order valence-electron chi connectivity index (χ0n) is 13.0. The molecule has 0 amide bonds. The van der Waals surface area contributed by atoms with Gasteiger partial charge in [0.05, 0.1) is 25.4 Å². The summed E-state index contributed by atoms with van der Waals surface area (Å²) in [5, 5.41) is 10.3. The molecule has 4 heteroatoms. The molecule has 0 radical (unpaired) electrons. The first-order valence-electron chi connectivity index (χ1n) is 6.95. The van der Waals surface area contributed by atoms with Crippen LogP contribution >= 0.6 is 0 Å². The fourth-order valence-corrected chi connectivity index (χ4v) is 1.53. The Morgan fingerprint density at radius 3 is 2.43 bits per heavy atom. The van der Waals surface area contributed by atoms with Crippen LogP contribution in [-0.2, 0) is 9.47 Å². The largest absolute Gasteiger partial charge is 0.465 e. The Labute approximate surface area is 126 Å². The first-order valence-corrected chi connectivity index (χ1v) is 6.95. The lowest BCUT2D eigenvalue weighted by Crippen LogP contribution is -2.33. The van der Waals surface area contributed by atoms with E-state index in [9.17, 15) is 9.90 Å². The third-order valence-electron chi connectivity index (χ3n) is 2.99. The molecule has 0 unspecified atom stereocenters. The molecule has 21 heavy (non-hydrogen) atoms. The Hall–Kier alpha value is -1.83. The molecule has 1 N–H and O–H groups in total. The number of methoxy groups -OCH3 is 1. The van der Waals surface area contributed by atoms with E-state index in [1.54, 1.807) is 24.3 Å². The van der Waals surface area contributed by atoms with E-state index in [0.717, 1.165) is 5.56 Å². The Balaban J connectivity index is 2.81. The minimum atomic E-state index is -1.16. The summed E-state index contributed by atoms with van der Waals surface area (Å²) in [4.78, 5) is 11.3. The van der Waals surface area contributed by atoms with Gasteiger partial charge in [0.15, 0.2) is 0 Å². The third kappa shape index (κ3) is 5.58. The van der Waals surface area contributed by atoms with E-state index in [0.29, 0.717) is 12.0 Å². The molecule has 0 heterocycles. The SMILES string of the molecule is CC[C@@](O)(C#Cc1ccc(C(=O)OC)cc1)COC(C)C. The van der Waals surface area contributed by atoms with Gasteiger partial charge in [-0.2, -0.15) is 0 Å². The van der Waals surface area contributed by atoms with Crippen LogP contribution in [0.1, 0.15) is 43.1 Å². The van der Waals surface area contributed by atoms with Gasteiger partial charge in [-0.15, -0.1) is 0 Å². The van der Waals surface area contributed by atoms with Crippen molar-refractivity contribution in [2.75, 3.05) is 13.7 Å². The maximum atomic E-state index is 11.3. The number of hydrogen-bond donors (Lipinski definition) is 1. The van der Waals surface area contributed by atoms with Crippen LogP contribution < -0.4 is 0 Å². The zero-order valence-corrected chi connectivity index (χ0v) is 13.0. The summed E-state index contributed by atoms with van der Waals surface area (Å²) in [5.74, 6) is 5.37. The smallest absolute Gasteiger partial charge is 0.337 e. The van der Waals surface area contributed by atoms with Crippen LogP contribution in [0.3, 0.4) is 0 Å². The third-order valence-corrected chi connectivity index (χ3v) is 2.99. The lowest BCUT2D eigenvalue weighted by molar-refractivity contribution is -0.0322. The van der Waals surface area contributed by atoms with Crippen LogP contribution in [-0.4, -0.2) is 36.5 Å². The normalized spacial score (nSPS) is 13.2.